The predicted molar refractivity (Wildman–Crippen MR) is 49.0 cm³/mol. The SMILES string of the molecule is CC(C)C.O=CN1CCOCC1. The van der Waals surface area contributed by atoms with E-state index in [1.165, 1.54) is 0 Å². The maximum Gasteiger partial charge on any atom is 0.209 e. The van der Waals surface area contributed by atoms with Crippen LogP contribution in [0.4, 0.5) is 0 Å². The van der Waals surface area contributed by atoms with Crippen molar-refractivity contribution in [1.82, 2.24) is 4.90 Å². The van der Waals surface area contributed by atoms with Gasteiger partial charge in [0.25, 0.3) is 0 Å². The van der Waals surface area contributed by atoms with Crippen LogP contribution in [0.1, 0.15) is 20.8 Å². The van der Waals surface area contributed by atoms with Crippen molar-refractivity contribution in [2.45, 2.75) is 20.8 Å². The molecule has 1 saturated heterocycles. The fraction of sp³-hybridized carbons (Fsp3) is 0.889. The van der Waals surface area contributed by atoms with Crippen molar-refractivity contribution in [2.24, 2.45) is 5.92 Å². The number of amides is 1. The molecule has 72 valence electrons. The molecule has 1 fully saturated rings. The van der Waals surface area contributed by atoms with E-state index in [-0.39, 0.29) is 0 Å². The van der Waals surface area contributed by atoms with Gasteiger partial charge < -0.3 is 9.64 Å². The Morgan fingerprint density at radius 1 is 1.25 bits per heavy atom. The van der Waals surface area contributed by atoms with E-state index in [9.17, 15) is 4.79 Å². The zero-order chi connectivity index (χ0) is 9.40. The van der Waals surface area contributed by atoms with Crippen molar-refractivity contribution in [1.29, 1.82) is 0 Å². The molecule has 0 N–H and O–H groups in total. The molecule has 1 rings (SSSR count). The van der Waals surface area contributed by atoms with Gasteiger partial charge in [-0.2, -0.15) is 0 Å². The highest BCUT2D eigenvalue weighted by Crippen LogP contribution is 1.90. The van der Waals surface area contributed by atoms with Gasteiger partial charge >= 0.3 is 0 Å². The van der Waals surface area contributed by atoms with E-state index in [0.29, 0.717) is 13.2 Å². The van der Waals surface area contributed by atoms with Gasteiger partial charge in [-0.15, -0.1) is 0 Å². The summed E-state index contributed by atoms with van der Waals surface area (Å²) in [7, 11) is 0. The van der Waals surface area contributed by atoms with Gasteiger partial charge in [0.2, 0.25) is 6.41 Å². The molecule has 1 aliphatic rings. The first-order valence-corrected chi connectivity index (χ1v) is 4.44. The summed E-state index contributed by atoms with van der Waals surface area (Å²) >= 11 is 0. The first-order valence-electron chi connectivity index (χ1n) is 4.44. The molecule has 0 spiro atoms. The summed E-state index contributed by atoms with van der Waals surface area (Å²) in [5, 5.41) is 0. The molecule has 0 aromatic heterocycles. The third-order valence-electron chi connectivity index (χ3n) is 1.19. The molecular weight excluding hydrogens is 154 g/mol. The molecule has 1 aliphatic heterocycles. The second kappa shape index (κ2) is 7.10. The zero-order valence-electron chi connectivity index (χ0n) is 8.25. The third-order valence-corrected chi connectivity index (χ3v) is 1.19. The van der Waals surface area contributed by atoms with Crippen molar-refractivity contribution in [3.8, 4) is 0 Å². The van der Waals surface area contributed by atoms with Gasteiger partial charge in [0.1, 0.15) is 0 Å². The molecular formula is C9H19NO2. The minimum Gasteiger partial charge on any atom is -0.378 e. The Morgan fingerprint density at radius 3 is 1.92 bits per heavy atom. The largest absolute Gasteiger partial charge is 0.378 e. The Balaban J connectivity index is 0.000000261. The predicted octanol–water partition coefficient (Wildman–Crippen LogP) is 1.14. The molecule has 12 heavy (non-hydrogen) atoms. The number of carbonyl (C=O) groups is 1. The molecule has 0 saturated carbocycles. The summed E-state index contributed by atoms with van der Waals surface area (Å²) in [4.78, 5) is 11.7. The highest BCUT2D eigenvalue weighted by molar-refractivity contribution is 5.46. The van der Waals surface area contributed by atoms with Crippen LogP contribution in [0.25, 0.3) is 0 Å². The Hall–Kier alpha value is -0.570. The average molecular weight is 173 g/mol. The molecule has 0 aromatic rings. The summed E-state index contributed by atoms with van der Waals surface area (Å²) in [6.07, 6.45) is 0.864. The standard InChI is InChI=1S/C5H9NO2.C4H10/c7-5-6-1-3-8-4-2-6;1-4(2)3/h5H,1-4H2;4H,1-3H3. The Morgan fingerprint density at radius 2 is 1.67 bits per heavy atom. The van der Waals surface area contributed by atoms with Gasteiger partial charge in [-0.05, 0) is 5.92 Å². The van der Waals surface area contributed by atoms with E-state index >= 15 is 0 Å². The van der Waals surface area contributed by atoms with Crippen molar-refractivity contribution < 1.29 is 9.53 Å². The van der Waals surface area contributed by atoms with Gasteiger partial charge in [0, 0.05) is 13.1 Å². The summed E-state index contributed by atoms with van der Waals surface area (Å²) in [5.41, 5.74) is 0. The fourth-order valence-corrected chi connectivity index (χ4v) is 0.683. The normalized spacial score (nSPS) is 16.8. The third kappa shape index (κ3) is 7.54. The lowest BCUT2D eigenvalue weighted by Gasteiger charge is -2.21. The summed E-state index contributed by atoms with van der Waals surface area (Å²) in [6.45, 7) is 9.39. The van der Waals surface area contributed by atoms with Crippen molar-refractivity contribution in [3.05, 3.63) is 0 Å². The topological polar surface area (TPSA) is 29.5 Å². The Kier molecular flexibility index (Phi) is 6.76. The van der Waals surface area contributed by atoms with Crippen LogP contribution in [0, 0.1) is 5.92 Å². The summed E-state index contributed by atoms with van der Waals surface area (Å²) < 4.78 is 5.00. The van der Waals surface area contributed by atoms with Crippen LogP contribution in [-0.2, 0) is 9.53 Å². The Labute approximate surface area is 74.7 Å². The van der Waals surface area contributed by atoms with E-state index in [4.69, 9.17) is 4.74 Å². The van der Waals surface area contributed by atoms with Crippen LogP contribution in [0.5, 0.6) is 0 Å². The first kappa shape index (κ1) is 11.4. The van der Waals surface area contributed by atoms with E-state index in [1.54, 1.807) is 4.90 Å². The van der Waals surface area contributed by atoms with E-state index in [2.05, 4.69) is 20.8 Å². The number of hydrogen-bond donors (Lipinski definition) is 0. The van der Waals surface area contributed by atoms with Crippen LogP contribution in [0.2, 0.25) is 0 Å². The molecule has 3 heteroatoms. The number of ether oxygens (including phenoxy) is 1. The average Bonchev–Trinajstić information content (AvgIpc) is 2.05. The Bertz CT molecular complexity index is 106. The highest BCUT2D eigenvalue weighted by atomic mass is 16.5. The van der Waals surface area contributed by atoms with Crippen molar-refractivity contribution in [2.75, 3.05) is 26.3 Å². The highest BCUT2D eigenvalue weighted by Gasteiger charge is 2.05. The van der Waals surface area contributed by atoms with Crippen molar-refractivity contribution in [3.63, 3.8) is 0 Å². The maximum atomic E-state index is 10.0. The van der Waals surface area contributed by atoms with Gasteiger partial charge in [-0.25, -0.2) is 0 Å². The number of hydrogen-bond acceptors (Lipinski definition) is 2. The first-order chi connectivity index (χ1) is 5.66. The van der Waals surface area contributed by atoms with Crippen LogP contribution in [0.15, 0.2) is 0 Å². The molecule has 1 amide bonds. The minimum atomic E-state index is 0.693. The van der Waals surface area contributed by atoms with Crippen LogP contribution in [-0.4, -0.2) is 37.6 Å². The summed E-state index contributed by atoms with van der Waals surface area (Å²) in [6, 6.07) is 0. The minimum absolute atomic E-state index is 0.693. The fourth-order valence-electron chi connectivity index (χ4n) is 0.683. The molecule has 3 nitrogen and oxygen atoms in total. The molecule has 0 bridgehead atoms. The molecule has 0 radical (unpaired) electrons. The lowest BCUT2D eigenvalue weighted by Crippen LogP contribution is -2.34. The van der Waals surface area contributed by atoms with E-state index in [0.717, 1.165) is 25.4 Å². The quantitative estimate of drug-likeness (QED) is 0.556. The lowest BCUT2D eigenvalue weighted by atomic mass is 10.3. The second-order valence-electron chi connectivity index (χ2n) is 3.49. The maximum absolute atomic E-state index is 10.0. The smallest absolute Gasteiger partial charge is 0.209 e. The van der Waals surface area contributed by atoms with Gasteiger partial charge in [0.05, 0.1) is 13.2 Å². The zero-order valence-corrected chi connectivity index (χ0v) is 8.25. The molecule has 1 heterocycles. The monoisotopic (exact) mass is 173 g/mol. The second-order valence-corrected chi connectivity index (χ2v) is 3.49. The number of morpholine rings is 1. The van der Waals surface area contributed by atoms with E-state index < -0.39 is 0 Å². The van der Waals surface area contributed by atoms with Gasteiger partial charge in [-0.3, -0.25) is 4.79 Å². The van der Waals surface area contributed by atoms with Gasteiger partial charge in [0.15, 0.2) is 0 Å². The van der Waals surface area contributed by atoms with Crippen LogP contribution in [0.3, 0.4) is 0 Å². The molecule has 0 aliphatic carbocycles. The van der Waals surface area contributed by atoms with Crippen LogP contribution < -0.4 is 0 Å². The lowest BCUT2D eigenvalue weighted by molar-refractivity contribution is -0.121. The van der Waals surface area contributed by atoms with Gasteiger partial charge in [-0.1, -0.05) is 20.8 Å². The van der Waals surface area contributed by atoms with E-state index in [1.807, 2.05) is 0 Å². The van der Waals surface area contributed by atoms with Crippen LogP contribution >= 0.6 is 0 Å². The number of nitrogens with zero attached hydrogens (tertiary/aromatic N) is 1. The number of carbonyl (C=O) groups excluding carboxylic acids is 1. The summed E-state index contributed by atoms with van der Waals surface area (Å²) in [5.74, 6) is 0.833. The number of rotatable bonds is 1. The molecule has 0 aromatic carbocycles. The van der Waals surface area contributed by atoms with Crippen molar-refractivity contribution >= 4 is 6.41 Å². The molecule has 0 atom stereocenters. The molecule has 0 unspecified atom stereocenters.